The minimum atomic E-state index is -0.578. The van der Waals surface area contributed by atoms with Crippen molar-refractivity contribution in [1.29, 1.82) is 0 Å². The molecule has 0 aliphatic rings. The molecule has 1 heterocycles. The van der Waals surface area contributed by atoms with Crippen LogP contribution in [0.5, 0.6) is 0 Å². The van der Waals surface area contributed by atoms with Crippen molar-refractivity contribution in [3.63, 3.8) is 0 Å². The van der Waals surface area contributed by atoms with Gasteiger partial charge in [0.15, 0.2) is 0 Å². The minimum absolute atomic E-state index is 0.249. The maximum Gasteiger partial charge on any atom is 0.433 e. The van der Waals surface area contributed by atoms with Crippen LogP contribution in [-0.4, -0.2) is 16.1 Å². The van der Waals surface area contributed by atoms with Crippen LogP contribution in [0.15, 0.2) is 16.5 Å². The molecule has 1 aromatic heterocycles. The first-order valence-electron chi connectivity index (χ1n) is 4.01. The molecule has 0 aliphatic carbocycles. The van der Waals surface area contributed by atoms with Crippen LogP contribution in [0.25, 0.3) is 0 Å². The second-order valence-corrected chi connectivity index (χ2v) is 2.88. The fourth-order valence-electron chi connectivity index (χ4n) is 0.950. The van der Waals surface area contributed by atoms with Gasteiger partial charge in [-0.15, -0.1) is 0 Å². The number of furan rings is 1. The standard InChI is InChI=1S/C8H11NO4/c1-6(10)2-3-7-4-5-8(13-7)9(11)12/h4-6,10H,2-3H2,1H3. The first-order chi connectivity index (χ1) is 6.09. The van der Waals surface area contributed by atoms with Crippen LogP contribution in [0.1, 0.15) is 19.1 Å². The van der Waals surface area contributed by atoms with E-state index in [9.17, 15) is 10.1 Å². The van der Waals surface area contributed by atoms with Gasteiger partial charge in [0.2, 0.25) is 0 Å². The Morgan fingerprint density at radius 1 is 1.69 bits per heavy atom. The molecule has 1 rings (SSSR count). The van der Waals surface area contributed by atoms with Crippen LogP contribution in [0.3, 0.4) is 0 Å². The predicted octanol–water partition coefficient (Wildman–Crippen LogP) is 1.50. The summed E-state index contributed by atoms with van der Waals surface area (Å²) in [5.41, 5.74) is 0. The molecule has 5 heteroatoms. The number of aryl methyl sites for hydroxylation is 1. The summed E-state index contributed by atoms with van der Waals surface area (Å²) < 4.78 is 4.89. The third-order valence-electron chi connectivity index (χ3n) is 1.64. The van der Waals surface area contributed by atoms with E-state index in [1.165, 1.54) is 6.07 Å². The summed E-state index contributed by atoms with van der Waals surface area (Å²) >= 11 is 0. The molecule has 5 nitrogen and oxygen atoms in total. The van der Waals surface area contributed by atoms with Crippen LogP contribution >= 0.6 is 0 Å². The lowest BCUT2D eigenvalue weighted by atomic mass is 10.2. The second-order valence-electron chi connectivity index (χ2n) is 2.88. The van der Waals surface area contributed by atoms with Crippen molar-refractivity contribution in [2.45, 2.75) is 25.9 Å². The van der Waals surface area contributed by atoms with Gasteiger partial charge in [0.25, 0.3) is 0 Å². The Bertz CT molecular complexity index is 292. The van der Waals surface area contributed by atoms with Crippen LogP contribution in [0, 0.1) is 10.1 Å². The Hall–Kier alpha value is -1.36. The number of hydrogen-bond acceptors (Lipinski definition) is 4. The molecule has 13 heavy (non-hydrogen) atoms. The molecule has 0 spiro atoms. The van der Waals surface area contributed by atoms with E-state index in [4.69, 9.17) is 9.52 Å². The zero-order chi connectivity index (χ0) is 9.84. The highest BCUT2D eigenvalue weighted by molar-refractivity contribution is 5.17. The monoisotopic (exact) mass is 185 g/mol. The number of aliphatic hydroxyl groups is 1. The Balaban J connectivity index is 2.54. The number of rotatable bonds is 4. The molecule has 0 radical (unpaired) electrons. The summed E-state index contributed by atoms with van der Waals surface area (Å²) in [7, 11) is 0. The molecule has 0 aliphatic heterocycles. The largest absolute Gasteiger partial charge is 0.433 e. The van der Waals surface area contributed by atoms with Crippen LogP contribution in [-0.2, 0) is 6.42 Å². The molecule has 0 saturated heterocycles. The molecule has 0 bridgehead atoms. The van der Waals surface area contributed by atoms with Crippen LogP contribution in [0.2, 0.25) is 0 Å². The summed E-state index contributed by atoms with van der Waals surface area (Å²) in [5.74, 6) is 0.285. The molecule has 0 fully saturated rings. The lowest BCUT2D eigenvalue weighted by Crippen LogP contribution is -2.00. The Labute approximate surface area is 75.1 Å². The van der Waals surface area contributed by atoms with E-state index in [-0.39, 0.29) is 5.88 Å². The molecule has 1 atom stereocenters. The quantitative estimate of drug-likeness (QED) is 0.569. The van der Waals surface area contributed by atoms with Crippen molar-refractivity contribution >= 4 is 5.88 Å². The van der Waals surface area contributed by atoms with Gasteiger partial charge in [-0.3, -0.25) is 10.1 Å². The van der Waals surface area contributed by atoms with E-state index in [1.807, 2.05) is 0 Å². The fourth-order valence-corrected chi connectivity index (χ4v) is 0.950. The first kappa shape index (κ1) is 9.73. The predicted molar refractivity (Wildman–Crippen MR) is 45.4 cm³/mol. The Morgan fingerprint density at radius 3 is 2.85 bits per heavy atom. The number of aliphatic hydroxyl groups excluding tert-OH is 1. The SMILES string of the molecule is CC(O)CCc1ccc([N+](=O)[O-])o1. The van der Waals surface area contributed by atoms with Gasteiger partial charge < -0.3 is 9.52 Å². The molecule has 72 valence electrons. The van der Waals surface area contributed by atoms with Crippen LogP contribution < -0.4 is 0 Å². The molecule has 0 saturated carbocycles. The lowest BCUT2D eigenvalue weighted by molar-refractivity contribution is -0.402. The van der Waals surface area contributed by atoms with E-state index in [0.717, 1.165) is 0 Å². The maximum atomic E-state index is 10.2. The number of nitrogens with zero attached hydrogens (tertiary/aromatic N) is 1. The summed E-state index contributed by atoms with van der Waals surface area (Å²) in [4.78, 5) is 9.64. The third-order valence-corrected chi connectivity index (χ3v) is 1.64. The van der Waals surface area contributed by atoms with Crippen LogP contribution in [0.4, 0.5) is 5.88 Å². The van der Waals surface area contributed by atoms with E-state index >= 15 is 0 Å². The van der Waals surface area contributed by atoms with Gasteiger partial charge in [-0.2, -0.15) is 0 Å². The average Bonchev–Trinajstić information content (AvgIpc) is 2.48. The van der Waals surface area contributed by atoms with Crippen molar-refractivity contribution in [1.82, 2.24) is 0 Å². The van der Waals surface area contributed by atoms with E-state index in [2.05, 4.69) is 0 Å². The van der Waals surface area contributed by atoms with Gasteiger partial charge in [0.05, 0.1) is 12.2 Å². The van der Waals surface area contributed by atoms with Crippen molar-refractivity contribution in [2.75, 3.05) is 0 Å². The normalized spacial score (nSPS) is 12.8. The van der Waals surface area contributed by atoms with Gasteiger partial charge in [0, 0.05) is 6.42 Å². The topological polar surface area (TPSA) is 76.5 Å². The van der Waals surface area contributed by atoms with E-state index < -0.39 is 11.0 Å². The number of hydrogen-bond donors (Lipinski definition) is 1. The summed E-state index contributed by atoms with van der Waals surface area (Å²) in [6.45, 7) is 1.66. The second kappa shape index (κ2) is 4.04. The number of nitro groups is 1. The lowest BCUT2D eigenvalue weighted by Gasteiger charge is -1.99. The Kier molecular flexibility index (Phi) is 3.02. The van der Waals surface area contributed by atoms with Crippen molar-refractivity contribution in [3.05, 3.63) is 28.0 Å². The van der Waals surface area contributed by atoms with Gasteiger partial charge in [0.1, 0.15) is 10.7 Å². The molecular weight excluding hydrogens is 174 g/mol. The third kappa shape index (κ3) is 2.87. The molecule has 1 aromatic rings. The molecule has 1 unspecified atom stereocenters. The average molecular weight is 185 g/mol. The van der Waals surface area contributed by atoms with Gasteiger partial charge in [-0.1, -0.05) is 0 Å². The maximum absolute atomic E-state index is 10.2. The molecule has 0 aromatic carbocycles. The highest BCUT2D eigenvalue weighted by Crippen LogP contribution is 2.17. The van der Waals surface area contributed by atoms with Gasteiger partial charge >= 0.3 is 5.88 Å². The van der Waals surface area contributed by atoms with Crippen molar-refractivity contribution in [2.24, 2.45) is 0 Å². The molecular formula is C8H11NO4. The molecule has 0 amide bonds. The van der Waals surface area contributed by atoms with E-state index in [0.29, 0.717) is 18.6 Å². The first-order valence-corrected chi connectivity index (χ1v) is 4.01. The smallest absolute Gasteiger partial charge is 0.406 e. The fraction of sp³-hybridized carbons (Fsp3) is 0.500. The zero-order valence-corrected chi connectivity index (χ0v) is 7.27. The molecule has 1 N–H and O–H groups in total. The summed E-state index contributed by atoms with van der Waals surface area (Å²) in [6.07, 6.45) is 0.653. The highest BCUT2D eigenvalue weighted by Gasteiger charge is 2.11. The van der Waals surface area contributed by atoms with Crippen molar-refractivity contribution < 1.29 is 14.4 Å². The highest BCUT2D eigenvalue weighted by atomic mass is 16.6. The minimum Gasteiger partial charge on any atom is -0.406 e. The van der Waals surface area contributed by atoms with E-state index in [1.54, 1.807) is 13.0 Å². The zero-order valence-electron chi connectivity index (χ0n) is 7.27. The summed E-state index contributed by atoms with van der Waals surface area (Å²) in [5, 5.41) is 19.2. The Morgan fingerprint density at radius 2 is 2.38 bits per heavy atom. The summed E-state index contributed by atoms with van der Waals surface area (Å²) in [6, 6.07) is 2.87. The van der Waals surface area contributed by atoms with Crippen molar-refractivity contribution in [3.8, 4) is 0 Å². The van der Waals surface area contributed by atoms with Gasteiger partial charge in [-0.25, -0.2) is 0 Å². The van der Waals surface area contributed by atoms with Gasteiger partial charge in [-0.05, 0) is 19.4 Å².